The summed E-state index contributed by atoms with van der Waals surface area (Å²) in [7, 11) is 2.77. The van der Waals surface area contributed by atoms with Gasteiger partial charge in [0.2, 0.25) is 11.7 Å². The fraction of sp³-hybridized carbons (Fsp3) is 0.261. The highest BCUT2D eigenvalue weighted by Gasteiger charge is 2.28. The number of hydrogen-bond donors (Lipinski definition) is 1. The van der Waals surface area contributed by atoms with E-state index in [-0.39, 0.29) is 6.61 Å². The quantitative estimate of drug-likeness (QED) is 0.421. The van der Waals surface area contributed by atoms with Gasteiger partial charge in [-0.1, -0.05) is 5.16 Å². The van der Waals surface area contributed by atoms with Crippen LogP contribution in [0.2, 0.25) is 0 Å². The lowest BCUT2D eigenvalue weighted by molar-refractivity contribution is 0.139. The van der Waals surface area contributed by atoms with Crippen molar-refractivity contribution in [2.24, 2.45) is 9.98 Å². The van der Waals surface area contributed by atoms with Gasteiger partial charge in [-0.2, -0.15) is 9.98 Å². The summed E-state index contributed by atoms with van der Waals surface area (Å²) in [5, 5.41) is 14.6. The maximum absolute atomic E-state index is 11.9. The van der Waals surface area contributed by atoms with E-state index in [1.54, 1.807) is 37.4 Å². The number of benzene rings is 2. The largest absolute Gasteiger partial charge is 0.493 e. The number of carbonyl (C=O) groups is 1. The highest BCUT2D eigenvalue weighted by molar-refractivity contribution is 8.15. The molecule has 0 spiro atoms. The molecule has 0 bridgehead atoms. The number of rotatable bonds is 5. The molecule has 0 radical (unpaired) electrons. The van der Waals surface area contributed by atoms with Gasteiger partial charge < -0.3 is 23.8 Å². The number of amides is 1. The molecule has 34 heavy (non-hydrogen) atoms. The highest BCUT2D eigenvalue weighted by Crippen LogP contribution is 2.41. The molecule has 0 aliphatic carbocycles. The Hall–Kier alpha value is -3.70. The van der Waals surface area contributed by atoms with Crippen molar-refractivity contribution in [2.45, 2.75) is 13.0 Å². The number of aliphatic imine (C=N–C) groups is 2. The highest BCUT2D eigenvalue weighted by atomic mass is 32.2. The van der Waals surface area contributed by atoms with Gasteiger partial charge >= 0.3 is 6.09 Å². The summed E-state index contributed by atoms with van der Waals surface area (Å²) >= 11 is 1.24. The predicted molar refractivity (Wildman–Crippen MR) is 127 cm³/mol. The summed E-state index contributed by atoms with van der Waals surface area (Å²) in [6.07, 6.45) is 0.219. The van der Waals surface area contributed by atoms with Crippen molar-refractivity contribution < 1.29 is 28.6 Å². The molecular formula is C23H22N4O6S. The number of aliphatic hydroxyl groups excluding tert-OH is 1. The first kappa shape index (κ1) is 23.5. The van der Waals surface area contributed by atoms with Crippen molar-refractivity contribution in [3.8, 4) is 22.9 Å². The van der Waals surface area contributed by atoms with Crippen molar-refractivity contribution in [3.05, 3.63) is 53.4 Å². The zero-order valence-electron chi connectivity index (χ0n) is 18.9. The molecule has 0 saturated heterocycles. The molecule has 1 aliphatic rings. The summed E-state index contributed by atoms with van der Waals surface area (Å²) in [4.78, 5) is 25.0. The Bertz CT molecular complexity index is 1270. The lowest BCUT2D eigenvalue weighted by atomic mass is 10.0. The first-order chi connectivity index (χ1) is 16.4. The third kappa shape index (κ3) is 4.80. The number of methoxy groups -OCH3 is 2. The van der Waals surface area contributed by atoms with Crippen LogP contribution in [-0.4, -0.2) is 59.2 Å². The second kappa shape index (κ2) is 10.1. The van der Waals surface area contributed by atoms with Gasteiger partial charge in [-0.25, -0.2) is 9.79 Å². The van der Waals surface area contributed by atoms with E-state index in [1.165, 1.54) is 26.0 Å². The van der Waals surface area contributed by atoms with Crippen LogP contribution in [0.3, 0.4) is 0 Å². The average Bonchev–Trinajstić information content (AvgIpc) is 3.46. The molecule has 1 aromatic heterocycles. The van der Waals surface area contributed by atoms with Gasteiger partial charge in [0.05, 0.1) is 19.9 Å². The Morgan fingerprint density at radius 2 is 2.00 bits per heavy atom. The van der Waals surface area contributed by atoms with Gasteiger partial charge in [0.25, 0.3) is 0 Å². The molecule has 176 valence electrons. The Morgan fingerprint density at radius 1 is 1.24 bits per heavy atom. The molecule has 1 N–H and O–H groups in total. The SMILES string of the molecule is COC(=O)N=C(SC)C(=Nc1ccc(-c2noc(C)n2)cc1)c1cc(OC)c2c(c1)C(O)CO2. The third-order valence-corrected chi connectivity index (χ3v) is 5.65. The normalized spacial score (nSPS) is 15.6. The van der Waals surface area contributed by atoms with Gasteiger partial charge in [-0.05, 0) is 42.7 Å². The summed E-state index contributed by atoms with van der Waals surface area (Å²) < 4.78 is 20.8. The van der Waals surface area contributed by atoms with E-state index in [0.717, 1.165) is 5.56 Å². The van der Waals surface area contributed by atoms with Gasteiger partial charge in [-0.15, -0.1) is 11.8 Å². The summed E-state index contributed by atoms with van der Waals surface area (Å²) in [5.41, 5.74) is 2.94. The van der Waals surface area contributed by atoms with Crippen LogP contribution < -0.4 is 9.47 Å². The fourth-order valence-corrected chi connectivity index (χ4v) is 3.88. The monoisotopic (exact) mass is 482 g/mol. The molecule has 11 heteroatoms. The number of nitrogens with zero attached hydrogens (tertiary/aromatic N) is 4. The Kier molecular flexibility index (Phi) is 6.94. The number of ether oxygens (including phenoxy) is 3. The van der Waals surface area contributed by atoms with Crippen molar-refractivity contribution >= 4 is 34.3 Å². The lowest BCUT2D eigenvalue weighted by Crippen LogP contribution is -2.15. The number of aromatic nitrogens is 2. The van der Waals surface area contributed by atoms with Gasteiger partial charge in [0.15, 0.2) is 11.5 Å². The fourth-order valence-electron chi connectivity index (χ4n) is 3.36. The minimum atomic E-state index is -0.807. The molecule has 0 fully saturated rings. The van der Waals surface area contributed by atoms with Crippen LogP contribution in [0.4, 0.5) is 10.5 Å². The average molecular weight is 483 g/mol. The molecule has 0 saturated carbocycles. The van der Waals surface area contributed by atoms with Crippen LogP contribution in [-0.2, 0) is 4.74 Å². The number of thioether (sulfide) groups is 1. The summed E-state index contributed by atoms with van der Waals surface area (Å²) in [5.74, 6) is 1.87. The van der Waals surface area contributed by atoms with Crippen molar-refractivity contribution in [3.63, 3.8) is 0 Å². The van der Waals surface area contributed by atoms with Crippen LogP contribution in [0, 0.1) is 6.92 Å². The van der Waals surface area contributed by atoms with Crippen molar-refractivity contribution in [1.82, 2.24) is 10.1 Å². The molecular weight excluding hydrogens is 460 g/mol. The van der Waals surface area contributed by atoms with Crippen LogP contribution >= 0.6 is 11.8 Å². The van der Waals surface area contributed by atoms with Crippen LogP contribution in [0.1, 0.15) is 23.1 Å². The zero-order chi connectivity index (χ0) is 24.2. The topological polar surface area (TPSA) is 129 Å². The minimum Gasteiger partial charge on any atom is -0.493 e. The number of hydrogen-bond acceptors (Lipinski definition) is 10. The number of aliphatic hydroxyl groups is 1. The number of aryl methyl sites for hydroxylation is 1. The summed E-state index contributed by atoms with van der Waals surface area (Å²) in [6.45, 7) is 1.85. The third-order valence-electron chi connectivity index (χ3n) is 4.98. The first-order valence-electron chi connectivity index (χ1n) is 10.2. The van der Waals surface area contributed by atoms with Crippen LogP contribution in [0.5, 0.6) is 11.5 Å². The van der Waals surface area contributed by atoms with Gasteiger partial charge in [0.1, 0.15) is 23.5 Å². The predicted octanol–water partition coefficient (Wildman–Crippen LogP) is 4.13. The smallest absolute Gasteiger partial charge is 0.434 e. The van der Waals surface area contributed by atoms with E-state index < -0.39 is 12.2 Å². The van der Waals surface area contributed by atoms with Crippen molar-refractivity contribution in [1.29, 1.82) is 0 Å². The molecule has 1 amide bonds. The van der Waals surface area contributed by atoms with Crippen molar-refractivity contribution in [2.75, 3.05) is 27.1 Å². The molecule has 1 atom stereocenters. The van der Waals surface area contributed by atoms with Gasteiger partial charge in [-0.3, -0.25) is 0 Å². The Morgan fingerprint density at radius 3 is 2.62 bits per heavy atom. The van der Waals surface area contributed by atoms with E-state index >= 15 is 0 Å². The van der Waals surface area contributed by atoms with E-state index in [0.29, 0.717) is 50.8 Å². The molecule has 10 nitrogen and oxygen atoms in total. The maximum Gasteiger partial charge on any atom is 0.434 e. The molecule has 1 unspecified atom stereocenters. The zero-order valence-corrected chi connectivity index (χ0v) is 19.8. The van der Waals surface area contributed by atoms with E-state index in [9.17, 15) is 9.90 Å². The lowest BCUT2D eigenvalue weighted by Gasteiger charge is -2.13. The molecule has 4 rings (SSSR count). The summed E-state index contributed by atoms with van der Waals surface area (Å²) in [6, 6.07) is 10.7. The van der Waals surface area contributed by atoms with E-state index in [4.69, 9.17) is 23.7 Å². The Labute approximate surface area is 199 Å². The van der Waals surface area contributed by atoms with E-state index in [2.05, 4.69) is 15.1 Å². The minimum absolute atomic E-state index is 0.129. The standard InChI is InChI=1S/C23H22N4O6S/c1-12-24-21(27-33-12)13-5-7-15(8-6-13)25-19(22(34-4)26-23(29)31-3)14-9-16-17(28)11-32-20(16)18(10-14)30-2/h5-10,17,28H,11H2,1-4H3. The molecule has 2 aromatic carbocycles. The van der Waals surface area contributed by atoms with Crippen LogP contribution in [0.15, 0.2) is 50.9 Å². The van der Waals surface area contributed by atoms with E-state index in [1.807, 2.05) is 12.1 Å². The number of carbonyl (C=O) groups excluding carboxylic acids is 1. The first-order valence-corrected chi connectivity index (χ1v) is 11.4. The molecule has 2 heterocycles. The second-order valence-electron chi connectivity index (χ2n) is 7.16. The molecule has 3 aromatic rings. The number of fused-ring (bicyclic) bond motifs is 1. The molecule has 1 aliphatic heterocycles. The second-order valence-corrected chi connectivity index (χ2v) is 7.95. The van der Waals surface area contributed by atoms with Crippen LogP contribution in [0.25, 0.3) is 11.4 Å². The van der Waals surface area contributed by atoms with Gasteiger partial charge in [0, 0.05) is 23.6 Å². The maximum atomic E-state index is 11.9. The Balaban J connectivity index is 1.82.